The fraction of sp³-hybridized carbons (Fsp3) is 0.263. The highest BCUT2D eigenvalue weighted by atomic mass is 14.4. The van der Waals surface area contributed by atoms with E-state index in [0.717, 1.165) is 5.92 Å². The van der Waals surface area contributed by atoms with Crippen molar-refractivity contribution in [3.05, 3.63) is 71.3 Å². The van der Waals surface area contributed by atoms with E-state index in [0.29, 0.717) is 5.92 Å². The molecule has 0 spiro atoms. The van der Waals surface area contributed by atoms with Crippen LogP contribution in [0.2, 0.25) is 0 Å². The van der Waals surface area contributed by atoms with E-state index in [-0.39, 0.29) is 0 Å². The molecule has 0 bridgehead atoms. The van der Waals surface area contributed by atoms with Crippen molar-refractivity contribution >= 4 is 0 Å². The maximum Gasteiger partial charge on any atom is 0.0313 e. The zero-order chi connectivity index (χ0) is 12.8. The van der Waals surface area contributed by atoms with Crippen LogP contribution in [0.15, 0.2) is 60.2 Å². The van der Waals surface area contributed by atoms with Crippen LogP contribution in [-0.2, 0) is 0 Å². The summed E-state index contributed by atoms with van der Waals surface area (Å²) in [6, 6.07) is 17.8. The Hall–Kier alpha value is -1.82. The number of rotatable bonds is 1. The van der Waals surface area contributed by atoms with Crippen molar-refractivity contribution in [1.82, 2.24) is 0 Å². The van der Waals surface area contributed by atoms with Gasteiger partial charge in [0.1, 0.15) is 0 Å². The van der Waals surface area contributed by atoms with Crippen molar-refractivity contribution in [3.63, 3.8) is 0 Å². The van der Waals surface area contributed by atoms with Gasteiger partial charge in [-0.05, 0) is 41.0 Å². The minimum absolute atomic E-state index is 0.505. The van der Waals surface area contributed by atoms with Crippen LogP contribution < -0.4 is 0 Å². The van der Waals surface area contributed by atoms with Crippen LogP contribution >= 0.6 is 0 Å². The molecule has 1 atom stereocenters. The third-order valence-electron chi connectivity index (χ3n) is 4.72. The summed E-state index contributed by atoms with van der Waals surface area (Å²) in [4.78, 5) is 0. The highest BCUT2D eigenvalue weighted by Crippen LogP contribution is 2.51. The molecule has 19 heavy (non-hydrogen) atoms. The van der Waals surface area contributed by atoms with Gasteiger partial charge in [0.2, 0.25) is 0 Å². The second-order valence-electron chi connectivity index (χ2n) is 5.79. The van der Waals surface area contributed by atoms with Gasteiger partial charge in [0.15, 0.2) is 0 Å². The monoisotopic (exact) mass is 246 g/mol. The van der Waals surface area contributed by atoms with Crippen molar-refractivity contribution < 1.29 is 0 Å². The van der Waals surface area contributed by atoms with Crippen LogP contribution in [0.25, 0.3) is 11.1 Å². The van der Waals surface area contributed by atoms with Gasteiger partial charge in [0.05, 0.1) is 0 Å². The molecule has 0 saturated heterocycles. The second-order valence-corrected chi connectivity index (χ2v) is 5.79. The van der Waals surface area contributed by atoms with Crippen molar-refractivity contribution in [2.75, 3.05) is 0 Å². The molecule has 0 N–H and O–H groups in total. The fourth-order valence-electron chi connectivity index (χ4n) is 3.78. The smallest absolute Gasteiger partial charge is 0.0313 e. The molecule has 2 aliphatic carbocycles. The highest BCUT2D eigenvalue weighted by molar-refractivity contribution is 5.80. The van der Waals surface area contributed by atoms with E-state index < -0.39 is 0 Å². The topological polar surface area (TPSA) is 0 Å². The summed E-state index contributed by atoms with van der Waals surface area (Å²) in [5.74, 6) is 1.23. The zero-order valence-electron chi connectivity index (χ0n) is 11.3. The Bertz CT molecular complexity index is 618. The van der Waals surface area contributed by atoms with Gasteiger partial charge in [-0.25, -0.2) is 0 Å². The second kappa shape index (κ2) is 4.09. The van der Waals surface area contributed by atoms with Crippen LogP contribution in [0.5, 0.6) is 0 Å². The summed E-state index contributed by atoms with van der Waals surface area (Å²) < 4.78 is 0. The van der Waals surface area contributed by atoms with E-state index in [1.807, 2.05) is 0 Å². The lowest BCUT2D eigenvalue weighted by molar-refractivity contribution is 0.639. The van der Waals surface area contributed by atoms with Gasteiger partial charge in [0.25, 0.3) is 0 Å². The molecule has 0 fully saturated rings. The molecule has 0 saturated carbocycles. The van der Waals surface area contributed by atoms with Gasteiger partial charge in [0, 0.05) is 5.92 Å². The molecule has 0 nitrogen and oxygen atoms in total. The first-order valence-electron chi connectivity index (χ1n) is 7.24. The van der Waals surface area contributed by atoms with E-state index >= 15 is 0 Å². The highest BCUT2D eigenvalue weighted by Gasteiger charge is 2.33. The summed E-state index contributed by atoms with van der Waals surface area (Å²) >= 11 is 0. The van der Waals surface area contributed by atoms with Crippen molar-refractivity contribution in [1.29, 1.82) is 0 Å². The van der Waals surface area contributed by atoms with Crippen LogP contribution in [-0.4, -0.2) is 0 Å². The summed E-state index contributed by atoms with van der Waals surface area (Å²) in [5, 5.41) is 0. The number of allylic oxidation sites excluding steroid dienone is 2. The Kier molecular flexibility index (Phi) is 2.38. The standard InChI is InChI=1S/C19H18/c1-13-7-6-12-14(13)19-17-10-4-2-8-15(17)16-9-3-5-11-18(16)19/h2-5,8-13,19H,6-7H2,1H3. The zero-order valence-corrected chi connectivity index (χ0v) is 11.3. The summed E-state index contributed by atoms with van der Waals surface area (Å²) in [5.41, 5.74) is 7.51. The molecular weight excluding hydrogens is 228 g/mol. The number of fused-ring (bicyclic) bond motifs is 3. The third-order valence-corrected chi connectivity index (χ3v) is 4.72. The molecule has 0 radical (unpaired) electrons. The summed E-state index contributed by atoms with van der Waals surface area (Å²) in [6.07, 6.45) is 5.04. The van der Waals surface area contributed by atoms with E-state index in [1.165, 1.54) is 35.1 Å². The lowest BCUT2D eigenvalue weighted by Gasteiger charge is -2.19. The minimum Gasteiger partial charge on any atom is -0.0841 e. The van der Waals surface area contributed by atoms with E-state index in [9.17, 15) is 0 Å². The largest absolute Gasteiger partial charge is 0.0841 e. The van der Waals surface area contributed by atoms with Gasteiger partial charge in [-0.3, -0.25) is 0 Å². The van der Waals surface area contributed by atoms with Gasteiger partial charge in [-0.15, -0.1) is 0 Å². The Labute approximate surface area is 114 Å². The first kappa shape index (κ1) is 11.0. The first-order valence-corrected chi connectivity index (χ1v) is 7.24. The lowest BCUT2D eigenvalue weighted by atomic mass is 9.84. The van der Waals surface area contributed by atoms with E-state index in [2.05, 4.69) is 61.5 Å². The molecule has 0 amide bonds. The first-order chi connectivity index (χ1) is 9.36. The molecule has 1 unspecified atom stereocenters. The van der Waals surface area contributed by atoms with Crippen molar-refractivity contribution in [3.8, 4) is 11.1 Å². The van der Waals surface area contributed by atoms with Gasteiger partial charge in [-0.1, -0.05) is 67.1 Å². The molecular formula is C19H18. The Balaban J connectivity index is 1.96. The Morgan fingerprint density at radius 2 is 1.42 bits per heavy atom. The van der Waals surface area contributed by atoms with Crippen molar-refractivity contribution in [2.24, 2.45) is 5.92 Å². The molecule has 2 aliphatic rings. The van der Waals surface area contributed by atoms with E-state index in [1.54, 1.807) is 5.57 Å². The average molecular weight is 246 g/mol. The Morgan fingerprint density at radius 1 is 0.842 bits per heavy atom. The minimum atomic E-state index is 0.505. The third kappa shape index (κ3) is 1.53. The van der Waals surface area contributed by atoms with Gasteiger partial charge >= 0.3 is 0 Å². The molecule has 0 aliphatic heterocycles. The van der Waals surface area contributed by atoms with Gasteiger partial charge in [-0.2, -0.15) is 0 Å². The molecule has 4 rings (SSSR count). The SMILES string of the molecule is CC1CCC=C1C1c2ccccc2-c2ccccc21. The van der Waals surface area contributed by atoms with Gasteiger partial charge < -0.3 is 0 Å². The Morgan fingerprint density at radius 3 is 1.95 bits per heavy atom. The molecule has 0 heterocycles. The summed E-state index contributed by atoms with van der Waals surface area (Å²) in [6.45, 7) is 2.38. The van der Waals surface area contributed by atoms with Crippen LogP contribution in [0.3, 0.4) is 0 Å². The van der Waals surface area contributed by atoms with E-state index in [4.69, 9.17) is 0 Å². The van der Waals surface area contributed by atoms with Crippen LogP contribution in [0.1, 0.15) is 36.8 Å². The number of hydrogen-bond donors (Lipinski definition) is 0. The fourth-order valence-corrected chi connectivity index (χ4v) is 3.78. The maximum absolute atomic E-state index is 2.48. The molecule has 0 aromatic heterocycles. The number of benzene rings is 2. The van der Waals surface area contributed by atoms with Crippen LogP contribution in [0, 0.1) is 5.92 Å². The molecule has 2 aromatic carbocycles. The predicted molar refractivity (Wildman–Crippen MR) is 80.2 cm³/mol. The quantitative estimate of drug-likeness (QED) is 0.610. The van der Waals surface area contributed by atoms with Crippen molar-refractivity contribution in [2.45, 2.75) is 25.7 Å². The average Bonchev–Trinajstić information content (AvgIpc) is 3.00. The molecule has 2 aromatic rings. The molecule has 94 valence electrons. The predicted octanol–water partition coefficient (Wildman–Crippen LogP) is 5.16. The van der Waals surface area contributed by atoms with Crippen LogP contribution in [0.4, 0.5) is 0 Å². The maximum atomic E-state index is 2.48. The summed E-state index contributed by atoms with van der Waals surface area (Å²) in [7, 11) is 0. The number of hydrogen-bond acceptors (Lipinski definition) is 0. The normalized spacial score (nSPS) is 21.1. The lowest BCUT2D eigenvalue weighted by Crippen LogP contribution is -2.05. The molecule has 0 heteroatoms.